The molecule has 0 saturated carbocycles. The topological polar surface area (TPSA) is 64.7 Å². The van der Waals surface area contributed by atoms with E-state index < -0.39 is 6.29 Å². The predicted octanol–water partition coefficient (Wildman–Crippen LogP) is -0.645. The van der Waals surface area contributed by atoms with Crippen molar-refractivity contribution in [2.75, 3.05) is 6.79 Å². The molecule has 0 heterocycles. The van der Waals surface area contributed by atoms with Crippen molar-refractivity contribution >= 4 is 0 Å². The zero-order chi connectivity index (χ0) is 6.41. The Morgan fingerprint density at radius 3 is 2.88 bits per heavy atom. The van der Waals surface area contributed by atoms with Crippen LogP contribution in [0.25, 0.3) is 0 Å². The number of aliphatic hydroxyl groups excluding tert-OH is 1. The highest BCUT2D eigenvalue weighted by molar-refractivity contribution is 4.68. The summed E-state index contributed by atoms with van der Waals surface area (Å²) in [5, 5.41) is 8.51. The minimum atomic E-state index is -0.987. The van der Waals surface area contributed by atoms with Gasteiger partial charge in [-0.05, 0) is 6.08 Å². The van der Waals surface area contributed by atoms with Gasteiger partial charge in [-0.3, -0.25) is 4.84 Å². The van der Waals surface area contributed by atoms with Gasteiger partial charge in [0.1, 0.15) is 0 Å². The van der Waals surface area contributed by atoms with Gasteiger partial charge in [0.05, 0.1) is 0 Å². The Morgan fingerprint density at radius 1 is 1.88 bits per heavy atom. The van der Waals surface area contributed by atoms with E-state index in [1.807, 2.05) is 0 Å². The number of hydrogen-bond acceptors (Lipinski definition) is 4. The summed E-state index contributed by atoms with van der Waals surface area (Å²) >= 11 is 0. The monoisotopic (exact) mass is 119 g/mol. The van der Waals surface area contributed by atoms with Gasteiger partial charge in [0.2, 0.25) is 0 Å². The molecule has 3 N–H and O–H groups in total. The van der Waals surface area contributed by atoms with Gasteiger partial charge in [0.15, 0.2) is 13.1 Å². The first-order valence-electron chi connectivity index (χ1n) is 2.05. The second kappa shape index (κ2) is 4.73. The van der Waals surface area contributed by atoms with Crippen LogP contribution >= 0.6 is 0 Å². The third-order valence-corrected chi connectivity index (χ3v) is 0.508. The Kier molecular flexibility index (Phi) is 4.48. The average Bonchev–Trinajstić information content (AvgIpc) is 1.83. The Hall–Kier alpha value is -0.420. The van der Waals surface area contributed by atoms with Crippen LogP contribution in [-0.4, -0.2) is 18.2 Å². The molecule has 4 heteroatoms. The van der Waals surface area contributed by atoms with Crippen LogP contribution in [0.3, 0.4) is 0 Å². The van der Waals surface area contributed by atoms with Crippen molar-refractivity contribution in [1.29, 1.82) is 0 Å². The molecule has 0 aliphatic rings. The van der Waals surface area contributed by atoms with Crippen LogP contribution in [0, 0.1) is 0 Å². The normalized spacial score (nSPS) is 13.2. The summed E-state index contributed by atoms with van der Waals surface area (Å²) in [7, 11) is 0. The van der Waals surface area contributed by atoms with Gasteiger partial charge in [-0.1, -0.05) is 6.58 Å². The minimum Gasteiger partial charge on any atom is -0.365 e. The molecule has 0 aromatic rings. The molecule has 0 rings (SSSR count). The van der Waals surface area contributed by atoms with E-state index >= 15 is 0 Å². The molecule has 0 saturated heterocycles. The van der Waals surface area contributed by atoms with Crippen LogP contribution in [0.15, 0.2) is 12.7 Å². The van der Waals surface area contributed by atoms with Crippen molar-refractivity contribution in [3.8, 4) is 0 Å². The summed E-state index contributed by atoms with van der Waals surface area (Å²) in [4.78, 5) is 3.98. The second-order valence-electron chi connectivity index (χ2n) is 1.08. The summed E-state index contributed by atoms with van der Waals surface area (Å²) in [5.41, 5.74) is 0. The maximum Gasteiger partial charge on any atom is 0.176 e. The fourth-order valence-electron chi connectivity index (χ4n) is 0.177. The van der Waals surface area contributed by atoms with Gasteiger partial charge >= 0.3 is 0 Å². The molecule has 4 nitrogen and oxygen atoms in total. The first-order valence-corrected chi connectivity index (χ1v) is 2.05. The smallest absolute Gasteiger partial charge is 0.176 e. The number of hydrogen-bond donors (Lipinski definition) is 2. The van der Waals surface area contributed by atoms with Crippen molar-refractivity contribution < 1.29 is 14.7 Å². The van der Waals surface area contributed by atoms with E-state index in [-0.39, 0.29) is 6.79 Å². The molecule has 1 unspecified atom stereocenters. The standard InChI is InChI=1S/C4H9NO3/c1-2-4(6)7-3-8-5/h2,4,6H,1,3,5H2. The van der Waals surface area contributed by atoms with E-state index in [0.29, 0.717) is 0 Å². The Bertz CT molecular complexity index is 66.3. The van der Waals surface area contributed by atoms with Crippen molar-refractivity contribution in [3.63, 3.8) is 0 Å². The molecule has 0 aliphatic carbocycles. The fraction of sp³-hybridized carbons (Fsp3) is 0.500. The molecule has 0 aromatic heterocycles. The van der Waals surface area contributed by atoms with Crippen LogP contribution in [0.1, 0.15) is 0 Å². The largest absolute Gasteiger partial charge is 0.365 e. The first kappa shape index (κ1) is 7.58. The highest BCUT2D eigenvalue weighted by Gasteiger charge is 1.92. The average molecular weight is 119 g/mol. The zero-order valence-corrected chi connectivity index (χ0v) is 4.41. The molecular weight excluding hydrogens is 110 g/mol. The summed E-state index contributed by atoms with van der Waals surface area (Å²) in [5.74, 6) is 4.56. The van der Waals surface area contributed by atoms with Gasteiger partial charge in [0.25, 0.3) is 0 Å². The van der Waals surface area contributed by atoms with E-state index in [2.05, 4.69) is 22.1 Å². The van der Waals surface area contributed by atoms with E-state index in [0.717, 1.165) is 0 Å². The lowest BCUT2D eigenvalue weighted by Gasteiger charge is -2.03. The van der Waals surface area contributed by atoms with Crippen LogP contribution < -0.4 is 5.90 Å². The number of rotatable bonds is 4. The highest BCUT2D eigenvalue weighted by Crippen LogP contribution is 1.84. The second-order valence-corrected chi connectivity index (χ2v) is 1.08. The van der Waals surface area contributed by atoms with E-state index in [4.69, 9.17) is 5.11 Å². The summed E-state index contributed by atoms with van der Waals surface area (Å²) in [6.07, 6.45) is 0.234. The Labute approximate surface area is 47.5 Å². The molecule has 0 aromatic carbocycles. The predicted molar refractivity (Wildman–Crippen MR) is 27.4 cm³/mol. The molecule has 48 valence electrons. The lowest BCUT2D eigenvalue weighted by Crippen LogP contribution is -2.13. The van der Waals surface area contributed by atoms with Crippen molar-refractivity contribution in [2.45, 2.75) is 6.29 Å². The fourth-order valence-corrected chi connectivity index (χ4v) is 0.177. The van der Waals surface area contributed by atoms with Gasteiger partial charge in [-0.25, -0.2) is 5.90 Å². The maximum atomic E-state index is 8.51. The zero-order valence-electron chi connectivity index (χ0n) is 4.41. The van der Waals surface area contributed by atoms with E-state index in [1.54, 1.807) is 0 Å². The maximum absolute atomic E-state index is 8.51. The first-order chi connectivity index (χ1) is 3.81. The van der Waals surface area contributed by atoms with E-state index in [1.165, 1.54) is 6.08 Å². The quantitative estimate of drug-likeness (QED) is 0.293. The van der Waals surface area contributed by atoms with Crippen LogP contribution in [0.2, 0.25) is 0 Å². The Morgan fingerprint density at radius 2 is 2.50 bits per heavy atom. The number of aliphatic hydroxyl groups is 1. The lowest BCUT2D eigenvalue weighted by atomic mass is 10.6. The molecule has 0 bridgehead atoms. The SMILES string of the molecule is C=CC(O)OCON. The molecule has 8 heavy (non-hydrogen) atoms. The van der Waals surface area contributed by atoms with Gasteiger partial charge < -0.3 is 9.84 Å². The summed E-state index contributed by atoms with van der Waals surface area (Å²) in [6, 6.07) is 0. The number of nitrogens with two attached hydrogens (primary N) is 1. The molecule has 0 aliphatic heterocycles. The van der Waals surface area contributed by atoms with Gasteiger partial charge in [-0.15, -0.1) is 0 Å². The van der Waals surface area contributed by atoms with Crippen molar-refractivity contribution in [2.24, 2.45) is 5.90 Å². The van der Waals surface area contributed by atoms with Gasteiger partial charge in [-0.2, -0.15) is 0 Å². The molecule has 1 atom stereocenters. The third-order valence-electron chi connectivity index (χ3n) is 0.508. The molecule has 0 spiro atoms. The molecule has 0 amide bonds. The Balaban J connectivity index is 2.98. The van der Waals surface area contributed by atoms with E-state index in [9.17, 15) is 0 Å². The lowest BCUT2D eigenvalue weighted by molar-refractivity contribution is -0.147. The highest BCUT2D eigenvalue weighted by atomic mass is 16.8. The minimum absolute atomic E-state index is 0.132. The summed E-state index contributed by atoms with van der Waals surface area (Å²) in [6.45, 7) is 3.11. The molecule has 0 fully saturated rings. The third kappa shape index (κ3) is 3.76. The molecular formula is C4H9NO3. The van der Waals surface area contributed by atoms with Crippen LogP contribution in [0.5, 0.6) is 0 Å². The van der Waals surface area contributed by atoms with Crippen LogP contribution in [-0.2, 0) is 9.57 Å². The van der Waals surface area contributed by atoms with Crippen molar-refractivity contribution in [1.82, 2.24) is 0 Å². The van der Waals surface area contributed by atoms with Crippen LogP contribution in [0.4, 0.5) is 0 Å². The summed E-state index contributed by atoms with van der Waals surface area (Å²) < 4.78 is 4.43. The van der Waals surface area contributed by atoms with Gasteiger partial charge in [0, 0.05) is 0 Å². The number of ether oxygens (including phenoxy) is 1. The molecule has 0 radical (unpaired) electrons. The van der Waals surface area contributed by atoms with Crippen molar-refractivity contribution in [3.05, 3.63) is 12.7 Å².